The van der Waals surface area contributed by atoms with Crippen molar-refractivity contribution in [2.45, 2.75) is 28.5 Å². The maximum atomic E-state index is 12.5. The van der Waals surface area contributed by atoms with E-state index in [1.54, 1.807) is 30.0 Å². The summed E-state index contributed by atoms with van der Waals surface area (Å²) in [4.78, 5) is 25.9. The Labute approximate surface area is 148 Å². The van der Waals surface area contributed by atoms with Crippen LogP contribution in [0, 0.1) is 0 Å². The number of carbonyl (C=O) groups is 2. The molecule has 4 nitrogen and oxygen atoms in total. The highest BCUT2D eigenvalue weighted by molar-refractivity contribution is 8.00. The monoisotopic (exact) mass is 385 g/mol. The molecular formula is C16H10F3NO3S2. The van der Waals surface area contributed by atoms with Crippen molar-refractivity contribution in [2.75, 3.05) is 0 Å². The number of benzene rings is 2. The first-order valence-electron chi connectivity index (χ1n) is 7.39. The minimum Gasteiger partial charge on any atom is -0.266 e. The number of alkyl halides is 3. The summed E-state index contributed by atoms with van der Waals surface area (Å²) >= 11 is 0.799. The van der Waals surface area contributed by atoms with Crippen LogP contribution in [0.2, 0.25) is 0 Å². The summed E-state index contributed by atoms with van der Waals surface area (Å²) in [5.41, 5.74) is -4.40. The van der Waals surface area contributed by atoms with Crippen LogP contribution in [0.3, 0.4) is 0 Å². The minimum absolute atomic E-state index is 0.160. The molecule has 2 aromatic rings. The van der Waals surface area contributed by atoms with Crippen molar-refractivity contribution in [2.24, 2.45) is 0 Å². The summed E-state index contributed by atoms with van der Waals surface area (Å²) in [6.07, 6.45) is 2.25. The molecule has 2 aliphatic rings. The molecule has 0 N–H and O–H groups in total. The zero-order chi connectivity index (χ0) is 17.8. The van der Waals surface area contributed by atoms with Gasteiger partial charge in [-0.15, -0.1) is 16.8 Å². The van der Waals surface area contributed by atoms with Crippen LogP contribution in [-0.2, 0) is 4.28 Å². The summed E-state index contributed by atoms with van der Waals surface area (Å²) < 4.78 is 41.5. The van der Waals surface area contributed by atoms with Crippen molar-refractivity contribution < 1.29 is 27.0 Å². The third-order valence-electron chi connectivity index (χ3n) is 3.85. The summed E-state index contributed by atoms with van der Waals surface area (Å²) in [5.74, 6) is -1.79. The van der Waals surface area contributed by atoms with E-state index < -0.39 is 29.4 Å². The lowest BCUT2D eigenvalue weighted by molar-refractivity contribution is -0.0570. The fraction of sp³-hybridized carbons (Fsp3) is 0.250. The largest absolute Gasteiger partial charge is 0.470 e. The smallest absolute Gasteiger partial charge is 0.266 e. The molecule has 130 valence electrons. The van der Waals surface area contributed by atoms with Crippen LogP contribution in [0.15, 0.2) is 35.2 Å². The van der Waals surface area contributed by atoms with Crippen molar-refractivity contribution in [1.82, 2.24) is 5.06 Å². The highest BCUT2D eigenvalue weighted by Crippen LogP contribution is 2.44. The van der Waals surface area contributed by atoms with Crippen LogP contribution in [0.25, 0.3) is 10.8 Å². The zero-order valence-corrected chi connectivity index (χ0v) is 14.1. The Kier molecular flexibility index (Phi) is 3.97. The topological polar surface area (TPSA) is 46.6 Å². The molecule has 4 rings (SSSR count). The third kappa shape index (κ3) is 3.11. The molecule has 2 aromatic carbocycles. The molecule has 1 fully saturated rings. The molecule has 0 aromatic heterocycles. The lowest BCUT2D eigenvalue weighted by Crippen LogP contribution is -2.39. The highest BCUT2D eigenvalue weighted by Gasteiger charge is 2.39. The molecule has 0 saturated heterocycles. The Morgan fingerprint density at radius 2 is 1.72 bits per heavy atom. The fourth-order valence-electron chi connectivity index (χ4n) is 2.66. The summed E-state index contributed by atoms with van der Waals surface area (Å²) in [7, 11) is 0. The molecule has 0 radical (unpaired) electrons. The third-order valence-corrected chi connectivity index (χ3v) is 5.68. The second kappa shape index (κ2) is 5.93. The van der Waals surface area contributed by atoms with Gasteiger partial charge in [-0.05, 0) is 36.4 Å². The van der Waals surface area contributed by atoms with E-state index >= 15 is 0 Å². The normalized spacial score (nSPS) is 17.5. The predicted octanol–water partition coefficient (Wildman–Crippen LogP) is 4.79. The second-order valence-corrected chi connectivity index (χ2v) is 7.79. The number of nitrogens with zero attached hydrogens (tertiary/aromatic N) is 1. The number of imide groups is 1. The van der Waals surface area contributed by atoms with Crippen molar-refractivity contribution in [3.63, 3.8) is 0 Å². The van der Waals surface area contributed by atoms with E-state index in [4.69, 9.17) is 0 Å². The van der Waals surface area contributed by atoms with Gasteiger partial charge in [0.25, 0.3) is 11.8 Å². The van der Waals surface area contributed by atoms with Crippen LogP contribution < -0.4 is 0 Å². The number of hydrogen-bond donors (Lipinski definition) is 0. The van der Waals surface area contributed by atoms with E-state index in [-0.39, 0.29) is 16.2 Å². The summed E-state index contributed by atoms with van der Waals surface area (Å²) in [6, 6.07) is 8.27. The molecule has 1 saturated carbocycles. The van der Waals surface area contributed by atoms with E-state index in [9.17, 15) is 22.8 Å². The molecule has 0 spiro atoms. The van der Waals surface area contributed by atoms with Crippen LogP contribution in [-0.4, -0.2) is 27.6 Å². The van der Waals surface area contributed by atoms with Gasteiger partial charge in [0, 0.05) is 15.5 Å². The van der Waals surface area contributed by atoms with Gasteiger partial charge in [-0.2, -0.15) is 17.5 Å². The van der Waals surface area contributed by atoms with E-state index in [2.05, 4.69) is 4.28 Å². The molecule has 0 atom stereocenters. The molecular weight excluding hydrogens is 375 g/mol. The summed E-state index contributed by atoms with van der Waals surface area (Å²) in [5, 5.41) is 1.94. The molecule has 2 amide bonds. The Balaban J connectivity index is 1.77. The number of rotatable bonds is 4. The standard InChI is InChI=1S/C16H10F3NO3S2/c17-16(18,19)25-23-20-14(21)10-3-1-2-9-12(24-8-4-5-8)7-6-11(13(9)10)15(20)22/h1-3,6-8H,4-5H2. The van der Waals surface area contributed by atoms with E-state index in [1.165, 1.54) is 6.07 Å². The lowest BCUT2D eigenvalue weighted by atomic mass is 9.95. The van der Waals surface area contributed by atoms with Crippen molar-refractivity contribution >= 4 is 46.4 Å². The van der Waals surface area contributed by atoms with Gasteiger partial charge in [0.05, 0.1) is 11.1 Å². The first-order chi connectivity index (χ1) is 11.8. The van der Waals surface area contributed by atoms with Gasteiger partial charge in [-0.3, -0.25) is 9.59 Å². The Morgan fingerprint density at radius 3 is 2.36 bits per heavy atom. The van der Waals surface area contributed by atoms with E-state index in [0.717, 1.165) is 23.1 Å². The SMILES string of the molecule is O=C1c2cccc3c(SC4CC4)ccc(c23)C(=O)N1OSC(F)(F)F. The minimum atomic E-state index is -4.72. The van der Waals surface area contributed by atoms with Crippen molar-refractivity contribution in [3.8, 4) is 0 Å². The maximum absolute atomic E-state index is 12.5. The zero-order valence-electron chi connectivity index (χ0n) is 12.5. The quantitative estimate of drug-likeness (QED) is 0.559. The number of hydrogen-bond acceptors (Lipinski definition) is 5. The van der Waals surface area contributed by atoms with Gasteiger partial charge in [0.15, 0.2) is 0 Å². The molecule has 9 heteroatoms. The number of amides is 2. The lowest BCUT2D eigenvalue weighted by Gasteiger charge is -2.25. The number of hydroxylamine groups is 2. The van der Waals surface area contributed by atoms with E-state index in [0.29, 0.717) is 10.6 Å². The highest BCUT2D eigenvalue weighted by atomic mass is 32.2. The number of carbonyl (C=O) groups excluding carboxylic acids is 2. The van der Waals surface area contributed by atoms with Crippen LogP contribution in [0.4, 0.5) is 13.2 Å². The number of thioether (sulfide) groups is 1. The first kappa shape index (κ1) is 16.7. The molecule has 1 aliphatic carbocycles. The molecule has 0 unspecified atom stereocenters. The molecule has 1 heterocycles. The van der Waals surface area contributed by atoms with Crippen molar-refractivity contribution in [3.05, 3.63) is 41.5 Å². The second-order valence-electron chi connectivity index (χ2n) is 5.66. The van der Waals surface area contributed by atoms with Crippen LogP contribution in [0.5, 0.6) is 0 Å². The fourth-order valence-corrected chi connectivity index (χ4v) is 4.13. The predicted molar refractivity (Wildman–Crippen MR) is 88.1 cm³/mol. The molecule has 0 bridgehead atoms. The first-order valence-corrected chi connectivity index (χ1v) is 9.01. The molecule has 1 aliphatic heterocycles. The Morgan fingerprint density at radius 1 is 1.04 bits per heavy atom. The Hall–Kier alpha value is -1.71. The van der Waals surface area contributed by atoms with Gasteiger partial charge in [0.1, 0.15) is 12.0 Å². The van der Waals surface area contributed by atoms with E-state index in [1.807, 2.05) is 6.07 Å². The Bertz CT molecular complexity index is 874. The number of halogens is 3. The van der Waals surface area contributed by atoms with Crippen LogP contribution >= 0.6 is 23.8 Å². The average molecular weight is 385 g/mol. The van der Waals surface area contributed by atoms with Gasteiger partial charge in [0.2, 0.25) is 0 Å². The van der Waals surface area contributed by atoms with Crippen LogP contribution in [0.1, 0.15) is 33.6 Å². The molecule has 25 heavy (non-hydrogen) atoms. The van der Waals surface area contributed by atoms with Gasteiger partial charge in [-0.25, -0.2) is 0 Å². The van der Waals surface area contributed by atoms with Gasteiger partial charge < -0.3 is 0 Å². The van der Waals surface area contributed by atoms with Gasteiger partial charge in [-0.1, -0.05) is 12.1 Å². The maximum Gasteiger partial charge on any atom is 0.470 e. The summed E-state index contributed by atoms with van der Waals surface area (Å²) in [6.45, 7) is 0. The van der Waals surface area contributed by atoms with Crippen molar-refractivity contribution in [1.29, 1.82) is 0 Å². The van der Waals surface area contributed by atoms with Gasteiger partial charge >= 0.3 is 5.51 Å². The average Bonchev–Trinajstić information content (AvgIpc) is 3.36.